The molecule has 0 spiro atoms. The van der Waals surface area contributed by atoms with E-state index < -0.39 is 0 Å². The first-order chi connectivity index (χ1) is 22.3. The fraction of sp³-hybridized carbons (Fsp3) is 0. The molecule has 0 saturated heterocycles. The molecule has 0 atom stereocenters. The zero-order chi connectivity index (χ0) is 29.7. The van der Waals surface area contributed by atoms with Crippen molar-refractivity contribution >= 4 is 60.9 Å². The van der Waals surface area contributed by atoms with Crippen LogP contribution in [0.2, 0.25) is 0 Å². The van der Waals surface area contributed by atoms with Crippen molar-refractivity contribution in [3.63, 3.8) is 0 Å². The van der Waals surface area contributed by atoms with Crippen molar-refractivity contribution in [2.24, 2.45) is 0 Å². The molecule has 0 fully saturated rings. The van der Waals surface area contributed by atoms with E-state index in [1.807, 2.05) is 48.5 Å². The van der Waals surface area contributed by atoms with Crippen molar-refractivity contribution in [1.29, 1.82) is 0 Å². The summed E-state index contributed by atoms with van der Waals surface area (Å²) in [4.78, 5) is 7.10. The number of anilines is 3. The quantitative estimate of drug-likeness (QED) is 0.204. The van der Waals surface area contributed by atoms with Crippen LogP contribution in [0, 0.1) is 0 Å². The van der Waals surface area contributed by atoms with E-state index in [1.165, 1.54) is 16.3 Å². The summed E-state index contributed by atoms with van der Waals surface area (Å²) >= 11 is 0. The summed E-state index contributed by atoms with van der Waals surface area (Å²) in [5, 5.41) is 4.45. The van der Waals surface area contributed by atoms with Gasteiger partial charge in [-0.1, -0.05) is 97.1 Å². The van der Waals surface area contributed by atoms with Crippen LogP contribution in [0.4, 0.5) is 17.1 Å². The van der Waals surface area contributed by atoms with Crippen LogP contribution in [0.3, 0.4) is 0 Å². The van der Waals surface area contributed by atoms with Gasteiger partial charge in [-0.3, -0.25) is 0 Å². The first-order valence-electron chi connectivity index (χ1n) is 15.1. The Hall–Kier alpha value is -6.13. The highest BCUT2D eigenvalue weighted by Gasteiger charge is 2.21. The van der Waals surface area contributed by atoms with Crippen LogP contribution in [0.1, 0.15) is 0 Å². The average molecular weight is 579 g/mol. The van der Waals surface area contributed by atoms with Crippen LogP contribution in [0.5, 0.6) is 0 Å². The van der Waals surface area contributed by atoms with Gasteiger partial charge in [0.25, 0.3) is 0 Å². The van der Waals surface area contributed by atoms with Crippen molar-refractivity contribution < 1.29 is 8.83 Å². The fourth-order valence-electron chi connectivity index (χ4n) is 6.48. The molecule has 4 nitrogen and oxygen atoms in total. The summed E-state index contributed by atoms with van der Waals surface area (Å²) < 4.78 is 12.7. The predicted molar refractivity (Wildman–Crippen MR) is 184 cm³/mol. The molecule has 0 amide bonds. The molecule has 45 heavy (non-hydrogen) atoms. The minimum Gasteiger partial charge on any atom is -0.456 e. The Labute approximate surface area is 259 Å². The van der Waals surface area contributed by atoms with Crippen LogP contribution in [-0.4, -0.2) is 4.98 Å². The molecule has 9 aromatic rings. The van der Waals surface area contributed by atoms with Crippen molar-refractivity contribution in [2.45, 2.75) is 0 Å². The van der Waals surface area contributed by atoms with Gasteiger partial charge < -0.3 is 13.7 Å². The first-order valence-corrected chi connectivity index (χ1v) is 15.1. The van der Waals surface area contributed by atoms with Gasteiger partial charge >= 0.3 is 0 Å². The zero-order valence-electron chi connectivity index (χ0n) is 24.2. The van der Waals surface area contributed by atoms with E-state index in [2.05, 4.69) is 114 Å². The van der Waals surface area contributed by atoms with Crippen LogP contribution in [0.15, 0.2) is 167 Å². The van der Waals surface area contributed by atoms with Crippen molar-refractivity contribution in [1.82, 2.24) is 4.98 Å². The molecule has 0 aliphatic carbocycles. The Morgan fingerprint density at radius 1 is 0.444 bits per heavy atom. The summed E-state index contributed by atoms with van der Waals surface area (Å²) in [6.45, 7) is 0. The predicted octanol–water partition coefficient (Wildman–Crippen LogP) is 11.7. The summed E-state index contributed by atoms with van der Waals surface area (Å²) in [5.74, 6) is 0.587. The zero-order valence-corrected chi connectivity index (χ0v) is 24.2. The number of benzene rings is 7. The van der Waals surface area contributed by atoms with E-state index in [0.717, 1.165) is 61.2 Å². The molecule has 212 valence electrons. The number of oxazole rings is 1. The fourth-order valence-corrected chi connectivity index (χ4v) is 6.48. The lowest BCUT2D eigenvalue weighted by molar-refractivity contribution is 0.620. The Morgan fingerprint density at radius 3 is 2.09 bits per heavy atom. The number of rotatable bonds is 5. The van der Waals surface area contributed by atoms with Gasteiger partial charge in [-0.05, 0) is 70.9 Å². The maximum Gasteiger partial charge on any atom is 0.228 e. The molecule has 0 radical (unpaired) electrons. The second-order valence-corrected chi connectivity index (χ2v) is 11.2. The summed E-state index contributed by atoms with van der Waals surface area (Å²) in [6.07, 6.45) is 0. The van der Waals surface area contributed by atoms with Gasteiger partial charge in [0.05, 0.1) is 5.69 Å². The van der Waals surface area contributed by atoms with Gasteiger partial charge in [-0.2, -0.15) is 0 Å². The lowest BCUT2D eigenvalue weighted by Gasteiger charge is -2.28. The number of para-hydroxylation sites is 4. The van der Waals surface area contributed by atoms with Gasteiger partial charge in [0.2, 0.25) is 5.89 Å². The molecular formula is C41H26N2O2. The number of hydrogen-bond donors (Lipinski definition) is 0. The standard InChI is InChI=1S/C41H26N2O2/c1-2-14-28(15-3-1)43(36-21-8-6-17-32(36)31-18-10-13-27-12-4-5-16-30(27)31)29-24-25-33-39(26-29)44-38-23-11-19-34(40(33)38)41-42-35-20-7-9-22-37(35)45-41/h1-26H. The number of aromatic nitrogens is 1. The maximum absolute atomic E-state index is 6.53. The highest BCUT2D eigenvalue weighted by Crippen LogP contribution is 2.45. The monoisotopic (exact) mass is 578 g/mol. The van der Waals surface area contributed by atoms with Crippen molar-refractivity contribution in [3.05, 3.63) is 158 Å². The van der Waals surface area contributed by atoms with Gasteiger partial charge in [0.1, 0.15) is 16.7 Å². The normalized spacial score (nSPS) is 11.6. The average Bonchev–Trinajstić information content (AvgIpc) is 3.70. The summed E-state index contributed by atoms with van der Waals surface area (Å²) in [7, 11) is 0. The molecule has 0 unspecified atom stereocenters. The minimum atomic E-state index is 0.587. The van der Waals surface area contributed by atoms with Gasteiger partial charge in [0, 0.05) is 39.3 Å². The largest absolute Gasteiger partial charge is 0.456 e. The van der Waals surface area contributed by atoms with Gasteiger partial charge in [-0.25, -0.2) is 4.98 Å². The van der Waals surface area contributed by atoms with Crippen molar-refractivity contribution in [2.75, 3.05) is 4.90 Å². The van der Waals surface area contributed by atoms with Crippen LogP contribution in [0.25, 0.3) is 66.4 Å². The molecule has 0 aliphatic rings. The third-order valence-corrected chi connectivity index (χ3v) is 8.50. The third-order valence-electron chi connectivity index (χ3n) is 8.50. The molecule has 0 aliphatic heterocycles. The van der Waals surface area contributed by atoms with E-state index in [1.54, 1.807) is 0 Å². The van der Waals surface area contributed by atoms with E-state index in [4.69, 9.17) is 13.8 Å². The molecule has 0 N–H and O–H groups in total. The lowest BCUT2D eigenvalue weighted by atomic mass is 9.96. The van der Waals surface area contributed by atoms with Crippen molar-refractivity contribution in [3.8, 4) is 22.6 Å². The second kappa shape index (κ2) is 10.2. The second-order valence-electron chi connectivity index (χ2n) is 11.2. The Balaban J connectivity index is 1.24. The van der Waals surface area contributed by atoms with E-state index in [9.17, 15) is 0 Å². The Kier molecular flexibility index (Phi) is 5.78. The van der Waals surface area contributed by atoms with Gasteiger partial charge in [0.15, 0.2) is 5.58 Å². The molecule has 4 heteroatoms. The van der Waals surface area contributed by atoms with Crippen LogP contribution < -0.4 is 4.90 Å². The molecule has 2 heterocycles. The molecule has 7 aromatic carbocycles. The van der Waals surface area contributed by atoms with Gasteiger partial charge in [-0.15, -0.1) is 0 Å². The van der Waals surface area contributed by atoms with Crippen LogP contribution >= 0.6 is 0 Å². The molecule has 9 rings (SSSR count). The number of furan rings is 1. The Bertz CT molecular complexity index is 2470. The summed E-state index contributed by atoms with van der Waals surface area (Å²) in [6, 6.07) is 54.5. The van der Waals surface area contributed by atoms with Crippen LogP contribution in [-0.2, 0) is 0 Å². The lowest BCUT2D eigenvalue weighted by Crippen LogP contribution is -2.11. The number of nitrogens with zero attached hydrogens (tertiary/aromatic N) is 2. The molecular weight excluding hydrogens is 552 g/mol. The number of hydrogen-bond acceptors (Lipinski definition) is 4. The minimum absolute atomic E-state index is 0.587. The summed E-state index contributed by atoms with van der Waals surface area (Å²) in [5.41, 5.74) is 9.61. The van der Waals surface area contributed by atoms with E-state index in [0.29, 0.717) is 5.89 Å². The number of fused-ring (bicyclic) bond motifs is 5. The highest BCUT2D eigenvalue weighted by atomic mass is 16.3. The van der Waals surface area contributed by atoms with E-state index in [-0.39, 0.29) is 0 Å². The Morgan fingerprint density at radius 2 is 1.16 bits per heavy atom. The highest BCUT2D eigenvalue weighted by molar-refractivity contribution is 6.13. The molecule has 0 saturated carbocycles. The molecule has 0 bridgehead atoms. The van der Waals surface area contributed by atoms with E-state index >= 15 is 0 Å². The third kappa shape index (κ3) is 4.19. The first kappa shape index (κ1) is 25.4. The molecule has 2 aromatic heterocycles. The SMILES string of the molecule is c1ccc(N(c2ccc3c(c2)oc2cccc(-c4nc5ccccc5o4)c23)c2ccccc2-c2cccc3ccccc23)cc1. The smallest absolute Gasteiger partial charge is 0.228 e. The maximum atomic E-state index is 6.53. The topological polar surface area (TPSA) is 42.4 Å².